The molecule has 6 nitrogen and oxygen atoms in total. The molecule has 0 unspecified atom stereocenters. The van der Waals surface area contributed by atoms with Crippen LogP contribution in [0, 0.1) is 0 Å². The summed E-state index contributed by atoms with van der Waals surface area (Å²) in [6, 6.07) is 5.53. The number of aliphatic imine (C=N–C) groups is 1. The summed E-state index contributed by atoms with van der Waals surface area (Å²) in [5, 5.41) is 6.07. The van der Waals surface area contributed by atoms with Crippen LogP contribution in [-0.2, 0) is 11.0 Å². The largest absolute Gasteiger partial charge is 0.416 e. The number of carbonyl (C=O) groups excluding carboxylic acids is 1. The van der Waals surface area contributed by atoms with E-state index in [1.165, 1.54) is 12.1 Å². The van der Waals surface area contributed by atoms with Gasteiger partial charge in [-0.25, -0.2) is 0 Å². The van der Waals surface area contributed by atoms with Crippen molar-refractivity contribution in [2.24, 2.45) is 4.99 Å². The van der Waals surface area contributed by atoms with E-state index in [0.29, 0.717) is 51.4 Å². The third kappa shape index (κ3) is 7.14. The van der Waals surface area contributed by atoms with Crippen LogP contribution >= 0.6 is 0 Å². The minimum absolute atomic E-state index is 0.0334. The minimum Gasteiger partial charge on any atom is -0.368 e. The zero-order valence-electron chi connectivity index (χ0n) is 17.2. The molecule has 0 spiro atoms. The average molecular weight is 413 g/mol. The molecule has 1 heterocycles. The number of amides is 1. The van der Waals surface area contributed by atoms with Crippen molar-refractivity contribution < 1.29 is 18.0 Å². The standard InChI is InChI=1S/C20H30F3N5O/c1-4-24-19(25-9-8-18(29)26-15(2)3)28-12-10-27(11-13-28)17-7-5-6-16(14-17)20(21,22)23/h5-7,14-15H,4,8-13H2,1-3H3,(H,24,25)(H,26,29). The molecule has 0 saturated carbocycles. The van der Waals surface area contributed by atoms with Gasteiger partial charge in [0.2, 0.25) is 5.91 Å². The molecule has 0 bridgehead atoms. The Bertz CT molecular complexity index is 698. The van der Waals surface area contributed by atoms with Crippen molar-refractivity contribution in [2.45, 2.75) is 39.4 Å². The van der Waals surface area contributed by atoms with Crippen molar-refractivity contribution in [2.75, 3.05) is 44.2 Å². The van der Waals surface area contributed by atoms with Crippen LogP contribution in [-0.4, -0.2) is 62.1 Å². The van der Waals surface area contributed by atoms with Gasteiger partial charge < -0.3 is 20.4 Å². The Kier molecular flexibility index (Phi) is 8.16. The molecule has 1 saturated heterocycles. The third-order valence-corrected chi connectivity index (χ3v) is 4.50. The van der Waals surface area contributed by atoms with E-state index in [1.807, 2.05) is 25.7 Å². The quantitative estimate of drug-likeness (QED) is 0.556. The Morgan fingerprint density at radius 1 is 1.21 bits per heavy atom. The number of hydrogen-bond donors (Lipinski definition) is 2. The lowest BCUT2D eigenvalue weighted by atomic mass is 10.1. The predicted octanol–water partition coefficient (Wildman–Crippen LogP) is 2.71. The zero-order chi connectivity index (χ0) is 21.4. The highest BCUT2D eigenvalue weighted by molar-refractivity contribution is 5.81. The van der Waals surface area contributed by atoms with Crippen LogP contribution in [0.1, 0.15) is 32.8 Å². The SMILES string of the molecule is CCNC(=NCCC(=O)NC(C)C)N1CCN(c2cccc(C(F)(F)F)c2)CC1. The number of halogens is 3. The van der Waals surface area contributed by atoms with Crippen LogP contribution in [0.3, 0.4) is 0 Å². The Morgan fingerprint density at radius 3 is 2.48 bits per heavy atom. The molecule has 29 heavy (non-hydrogen) atoms. The van der Waals surface area contributed by atoms with Gasteiger partial charge in [-0.2, -0.15) is 13.2 Å². The summed E-state index contributed by atoms with van der Waals surface area (Å²) >= 11 is 0. The molecular weight excluding hydrogens is 383 g/mol. The fraction of sp³-hybridized carbons (Fsp3) is 0.600. The number of rotatable bonds is 6. The van der Waals surface area contributed by atoms with Gasteiger partial charge in [0, 0.05) is 50.9 Å². The van der Waals surface area contributed by atoms with Crippen molar-refractivity contribution in [3.05, 3.63) is 29.8 Å². The number of nitrogens with zero attached hydrogens (tertiary/aromatic N) is 3. The Morgan fingerprint density at radius 2 is 1.90 bits per heavy atom. The van der Waals surface area contributed by atoms with Gasteiger partial charge in [0.25, 0.3) is 0 Å². The lowest BCUT2D eigenvalue weighted by molar-refractivity contribution is -0.137. The van der Waals surface area contributed by atoms with Crippen LogP contribution in [0.5, 0.6) is 0 Å². The summed E-state index contributed by atoms with van der Waals surface area (Å²) in [7, 11) is 0. The number of benzene rings is 1. The molecule has 0 aliphatic carbocycles. The van der Waals surface area contributed by atoms with Gasteiger partial charge in [-0.3, -0.25) is 9.79 Å². The zero-order valence-corrected chi connectivity index (χ0v) is 17.2. The normalized spacial score (nSPS) is 15.6. The van der Waals surface area contributed by atoms with Crippen molar-refractivity contribution in [1.82, 2.24) is 15.5 Å². The molecule has 1 aliphatic rings. The predicted molar refractivity (Wildman–Crippen MR) is 109 cm³/mol. The van der Waals surface area contributed by atoms with Crippen LogP contribution in [0.15, 0.2) is 29.3 Å². The maximum atomic E-state index is 13.0. The first kappa shape index (κ1) is 22.8. The molecule has 2 N–H and O–H groups in total. The molecule has 1 aromatic rings. The second-order valence-corrected chi connectivity index (χ2v) is 7.23. The molecule has 0 radical (unpaired) electrons. The van der Waals surface area contributed by atoms with E-state index < -0.39 is 11.7 Å². The lowest BCUT2D eigenvalue weighted by Gasteiger charge is -2.38. The van der Waals surface area contributed by atoms with Crippen molar-refractivity contribution in [3.63, 3.8) is 0 Å². The number of guanidine groups is 1. The first-order valence-electron chi connectivity index (χ1n) is 9.95. The molecular formula is C20H30F3N5O. The first-order chi connectivity index (χ1) is 13.7. The molecule has 9 heteroatoms. The third-order valence-electron chi connectivity index (χ3n) is 4.50. The molecule has 0 atom stereocenters. The van der Waals surface area contributed by atoms with Crippen molar-refractivity contribution in [3.8, 4) is 0 Å². The van der Waals surface area contributed by atoms with Gasteiger partial charge in [0.1, 0.15) is 0 Å². The smallest absolute Gasteiger partial charge is 0.368 e. The first-order valence-corrected chi connectivity index (χ1v) is 9.95. The Labute approximate surface area is 170 Å². The summed E-state index contributed by atoms with van der Waals surface area (Å²) in [4.78, 5) is 20.3. The summed E-state index contributed by atoms with van der Waals surface area (Å²) in [6.07, 6.45) is -4.03. The number of anilines is 1. The maximum Gasteiger partial charge on any atom is 0.416 e. The van der Waals surface area contributed by atoms with Crippen LogP contribution in [0.2, 0.25) is 0 Å². The van der Waals surface area contributed by atoms with Crippen molar-refractivity contribution >= 4 is 17.6 Å². The topological polar surface area (TPSA) is 60.0 Å². The Hall–Kier alpha value is -2.45. The number of alkyl halides is 3. The fourth-order valence-electron chi connectivity index (χ4n) is 3.14. The highest BCUT2D eigenvalue weighted by Gasteiger charge is 2.31. The highest BCUT2D eigenvalue weighted by atomic mass is 19.4. The monoisotopic (exact) mass is 413 g/mol. The van der Waals surface area contributed by atoms with Crippen LogP contribution in [0.4, 0.5) is 18.9 Å². The van der Waals surface area contributed by atoms with Crippen LogP contribution < -0.4 is 15.5 Å². The highest BCUT2D eigenvalue weighted by Crippen LogP contribution is 2.31. The summed E-state index contributed by atoms with van der Waals surface area (Å²) < 4.78 is 38.9. The van der Waals surface area contributed by atoms with E-state index in [0.717, 1.165) is 12.0 Å². The second kappa shape index (κ2) is 10.4. The molecule has 0 aromatic heterocycles. The number of piperazine rings is 1. The molecule has 1 amide bonds. The van der Waals surface area contributed by atoms with Crippen LogP contribution in [0.25, 0.3) is 0 Å². The van der Waals surface area contributed by atoms with E-state index >= 15 is 0 Å². The molecule has 1 aliphatic heterocycles. The van der Waals surface area contributed by atoms with Gasteiger partial charge in [0.15, 0.2) is 5.96 Å². The molecule has 1 aromatic carbocycles. The summed E-state index contributed by atoms with van der Waals surface area (Å²) in [5.74, 6) is 0.697. The van der Waals surface area contributed by atoms with Gasteiger partial charge in [0.05, 0.1) is 12.1 Å². The van der Waals surface area contributed by atoms with Gasteiger partial charge >= 0.3 is 6.18 Å². The second-order valence-electron chi connectivity index (χ2n) is 7.23. The summed E-state index contributed by atoms with van der Waals surface area (Å²) in [5.41, 5.74) is -0.0567. The number of carbonyl (C=O) groups is 1. The average Bonchev–Trinajstić information content (AvgIpc) is 2.66. The maximum absolute atomic E-state index is 13.0. The summed E-state index contributed by atoms with van der Waals surface area (Å²) in [6.45, 7) is 9.35. The van der Waals surface area contributed by atoms with Gasteiger partial charge in [-0.05, 0) is 39.0 Å². The van der Waals surface area contributed by atoms with Crippen molar-refractivity contribution in [1.29, 1.82) is 0 Å². The number of hydrogen-bond acceptors (Lipinski definition) is 3. The molecule has 1 fully saturated rings. The molecule has 162 valence electrons. The van der Waals surface area contributed by atoms with Gasteiger partial charge in [-0.15, -0.1) is 0 Å². The van der Waals surface area contributed by atoms with E-state index in [9.17, 15) is 18.0 Å². The van der Waals surface area contributed by atoms with E-state index in [1.54, 1.807) is 6.07 Å². The minimum atomic E-state index is -4.34. The number of nitrogens with one attached hydrogen (secondary N) is 2. The van der Waals surface area contributed by atoms with E-state index in [2.05, 4.69) is 20.5 Å². The lowest BCUT2D eigenvalue weighted by Crippen LogP contribution is -2.52. The van der Waals surface area contributed by atoms with E-state index in [-0.39, 0.29) is 11.9 Å². The molecule has 2 rings (SSSR count). The Balaban J connectivity index is 1.94. The van der Waals surface area contributed by atoms with E-state index in [4.69, 9.17) is 0 Å². The fourth-order valence-corrected chi connectivity index (χ4v) is 3.14. The van der Waals surface area contributed by atoms with Gasteiger partial charge in [-0.1, -0.05) is 6.07 Å².